The third-order valence-electron chi connectivity index (χ3n) is 5.04. The minimum Gasteiger partial charge on any atom is -0.363 e. The van der Waals surface area contributed by atoms with E-state index in [9.17, 15) is 18.0 Å². The van der Waals surface area contributed by atoms with E-state index in [0.29, 0.717) is 21.8 Å². The van der Waals surface area contributed by atoms with Gasteiger partial charge in [-0.2, -0.15) is 23.5 Å². The molecule has 0 bridgehead atoms. The van der Waals surface area contributed by atoms with E-state index in [1.807, 2.05) is 6.07 Å². The molecular weight excluding hydrogens is 466 g/mol. The molecule has 2 atom stereocenters. The zero-order valence-electron chi connectivity index (χ0n) is 16.1. The normalized spacial score (nSPS) is 17.8. The number of nitrogens with one attached hydrogen (secondary N) is 2. The van der Waals surface area contributed by atoms with Crippen LogP contribution in [0.4, 0.5) is 24.7 Å². The maximum absolute atomic E-state index is 13.8. The SMILES string of the molecule is N#Cc1ccc(NC(=O)c2cc3n(n2)[C@H](C(F)(F)F)C[C@@H](c2ccc(Cl)c(Cl)c2)N3)cc1. The lowest BCUT2D eigenvalue weighted by molar-refractivity contribution is -0.173. The lowest BCUT2D eigenvalue weighted by atomic mass is 9.97. The first-order chi connectivity index (χ1) is 15.2. The van der Waals surface area contributed by atoms with E-state index in [0.717, 1.165) is 4.68 Å². The second-order valence-electron chi connectivity index (χ2n) is 7.17. The molecule has 1 aliphatic rings. The van der Waals surface area contributed by atoms with Crippen LogP contribution in [0, 0.1) is 11.3 Å². The van der Waals surface area contributed by atoms with Crippen molar-refractivity contribution in [2.75, 3.05) is 10.6 Å². The number of halogens is 5. The average Bonchev–Trinajstić information content (AvgIpc) is 3.19. The molecule has 6 nitrogen and oxygen atoms in total. The zero-order valence-corrected chi connectivity index (χ0v) is 17.6. The van der Waals surface area contributed by atoms with E-state index in [1.54, 1.807) is 6.07 Å². The van der Waals surface area contributed by atoms with Crippen LogP contribution in [0.3, 0.4) is 0 Å². The van der Waals surface area contributed by atoms with Crippen molar-refractivity contribution in [3.8, 4) is 6.07 Å². The molecule has 4 rings (SSSR count). The Morgan fingerprint density at radius 1 is 1.16 bits per heavy atom. The quantitative estimate of drug-likeness (QED) is 0.484. The number of fused-ring (bicyclic) bond motifs is 1. The smallest absolute Gasteiger partial charge is 0.363 e. The van der Waals surface area contributed by atoms with Crippen LogP contribution in [-0.4, -0.2) is 21.9 Å². The van der Waals surface area contributed by atoms with Crippen molar-refractivity contribution >= 4 is 40.6 Å². The fourth-order valence-electron chi connectivity index (χ4n) is 3.46. The molecular formula is C21H14Cl2F3N5O. The van der Waals surface area contributed by atoms with E-state index < -0.39 is 24.2 Å². The number of anilines is 2. The van der Waals surface area contributed by atoms with Crippen LogP contribution in [0.1, 0.15) is 40.1 Å². The zero-order chi connectivity index (χ0) is 23.0. The average molecular weight is 480 g/mol. The molecule has 0 saturated carbocycles. The van der Waals surface area contributed by atoms with Crippen LogP contribution in [0.2, 0.25) is 10.0 Å². The molecule has 0 spiro atoms. The highest BCUT2D eigenvalue weighted by Crippen LogP contribution is 2.44. The summed E-state index contributed by atoms with van der Waals surface area (Å²) in [5.74, 6) is -0.620. The van der Waals surface area contributed by atoms with Gasteiger partial charge in [0.15, 0.2) is 11.7 Å². The first kappa shape index (κ1) is 22.0. The molecule has 2 aromatic carbocycles. The molecule has 0 fully saturated rings. The number of nitrogens with zero attached hydrogens (tertiary/aromatic N) is 3. The van der Waals surface area contributed by atoms with E-state index in [4.69, 9.17) is 28.5 Å². The number of alkyl halides is 3. The van der Waals surface area contributed by atoms with Crippen molar-refractivity contribution < 1.29 is 18.0 Å². The van der Waals surface area contributed by atoms with Gasteiger partial charge in [0.05, 0.1) is 27.7 Å². The van der Waals surface area contributed by atoms with Gasteiger partial charge in [0.25, 0.3) is 5.91 Å². The van der Waals surface area contributed by atoms with Gasteiger partial charge in [0.1, 0.15) is 5.82 Å². The van der Waals surface area contributed by atoms with E-state index in [2.05, 4.69) is 15.7 Å². The Hall–Kier alpha value is -3.22. The first-order valence-corrected chi connectivity index (χ1v) is 10.1. The lowest BCUT2D eigenvalue weighted by Gasteiger charge is -2.33. The van der Waals surface area contributed by atoms with Gasteiger partial charge < -0.3 is 10.6 Å². The van der Waals surface area contributed by atoms with E-state index >= 15 is 0 Å². The predicted molar refractivity (Wildman–Crippen MR) is 114 cm³/mol. The summed E-state index contributed by atoms with van der Waals surface area (Å²) < 4.78 is 42.2. The van der Waals surface area contributed by atoms with E-state index in [-0.39, 0.29) is 23.0 Å². The highest BCUT2D eigenvalue weighted by Gasteiger charge is 2.46. The topological polar surface area (TPSA) is 82.7 Å². The second kappa shape index (κ2) is 8.37. The predicted octanol–water partition coefficient (Wildman–Crippen LogP) is 5.97. The summed E-state index contributed by atoms with van der Waals surface area (Å²) in [5, 5.41) is 18.8. The monoisotopic (exact) mass is 479 g/mol. The van der Waals surface area contributed by atoms with Gasteiger partial charge in [0.2, 0.25) is 0 Å². The number of benzene rings is 2. The van der Waals surface area contributed by atoms with Crippen molar-refractivity contribution in [3.63, 3.8) is 0 Å². The van der Waals surface area contributed by atoms with Gasteiger partial charge in [-0.1, -0.05) is 29.3 Å². The van der Waals surface area contributed by atoms with Gasteiger partial charge >= 0.3 is 6.18 Å². The Labute approximate surface area is 190 Å². The molecule has 11 heteroatoms. The number of nitriles is 1. The fourth-order valence-corrected chi connectivity index (χ4v) is 3.76. The number of amides is 1. The van der Waals surface area contributed by atoms with Crippen LogP contribution in [0.25, 0.3) is 0 Å². The highest BCUT2D eigenvalue weighted by molar-refractivity contribution is 6.42. The maximum Gasteiger partial charge on any atom is 0.410 e. The highest BCUT2D eigenvalue weighted by atomic mass is 35.5. The Balaban J connectivity index is 1.63. The Bertz CT molecular complexity index is 1220. The Kier molecular flexibility index (Phi) is 5.75. The fraction of sp³-hybridized carbons (Fsp3) is 0.190. The summed E-state index contributed by atoms with van der Waals surface area (Å²) in [6, 6.07) is 11.3. The molecule has 2 heterocycles. The van der Waals surface area contributed by atoms with Gasteiger partial charge in [0, 0.05) is 18.2 Å². The van der Waals surface area contributed by atoms with Crippen molar-refractivity contribution in [3.05, 3.63) is 75.4 Å². The molecule has 1 aliphatic heterocycles. The van der Waals surface area contributed by atoms with E-state index in [1.165, 1.54) is 42.5 Å². The maximum atomic E-state index is 13.8. The van der Waals surface area contributed by atoms with Gasteiger partial charge in [-0.15, -0.1) is 0 Å². The molecule has 0 aliphatic carbocycles. The third-order valence-corrected chi connectivity index (χ3v) is 5.78. The molecule has 0 unspecified atom stereocenters. The van der Waals surface area contributed by atoms with Crippen LogP contribution in [0.15, 0.2) is 48.5 Å². The molecule has 164 valence electrons. The Morgan fingerprint density at radius 3 is 2.50 bits per heavy atom. The molecule has 0 radical (unpaired) electrons. The minimum atomic E-state index is -4.59. The Morgan fingerprint density at radius 2 is 1.88 bits per heavy atom. The van der Waals surface area contributed by atoms with Gasteiger partial charge in [-0.05, 0) is 42.0 Å². The lowest BCUT2D eigenvalue weighted by Crippen LogP contribution is -2.35. The largest absolute Gasteiger partial charge is 0.410 e. The summed E-state index contributed by atoms with van der Waals surface area (Å²) in [5.41, 5.74) is 1.14. The molecule has 1 amide bonds. The molecule has 2 N–H and O–H groups in total. The molecule has 3 aromatic rings. The second-order valence-corrected chi connectivity index (χ2v) is 7.98. The summed E-state index contributed by atoms with van der Waals surface area (Å²) in [4.78, 5) is 12.6. The van der Waals surface area contributed by atoms with Crippen LogP contribution in [0.5, 0.6) is 0 Å². The summed E-state index contributed by atoms with van der Waals surface area (Å²) in [6.45, 7) is 0. The van der Waals surface area contributed by atoms with Crippen molar-refractivity contribution in [1.29, 1.82) is 5.26 Å². The van der Waals surface area contributed by atoms with Gasteiger partial charge in [-0.25, -0.2) is 4.68 Å². The number of carbonyl (C=O) groups is 1. The summed E-state index contributed by atoms with van der Waals surface area (Å²) in [6.07, 6.45) is -4.93. The third kappa shape index (κ3) is 4.38. The van der Waals surface area contributed by atoms with Crippen molar-refractivity contribution in [2.45, 2.75) is 24.7 Å². The van der Waals surface area contributed by atoms with Crippen LogP contribution >= 0.6 is 23.2 Å². The number of carbonyl (C=O) groups excluding carboxylic acids is 1. The van der Waals surface area contributed by atoms with Crippen LogP contribution < -0.4 is 10.6 Å². The van der Waals surface area contributed by atoms with Crippen molar-refractivity contribution in [2.24, 2.45) is 0 Å². The first-order valence-electron chi connectivity index (χ1n) is 9.35. The molecule has 32 heavy (non-hydrogen) atoms. The van der Waals surface area contributed by atoms with Crippen molar-refractivity contribution in [1.82, 2.24) is 9.78 Å². The number of hydrogen-bond donors (Lipinski definition) is 2. The van der Waals surface area contributed by atoms with Gasteiger partial charge in [-0.3, -0.25) is 4.79 Å². The molecule has 1 aromatic heterocycles. The standard InChI is InChI=1S/C21H14Cl2F3N5O/c22-14-6-3-12(7-15(14)23)16-8-18(21(24,25)26)31-19(29-16)9-17(30-31)20(32)28-13-4-1-11(10-27)2-5-13/h1-7,9,16,18,29H,8H2,(H,28,32)/t16-,18-/m0/s1. The number of aromatic nitrogens is 2. The van der Waals surface area contributed by atoms with Crippen LogP contribution in [-0.2, 0) is 0 Å². The molecule has 0 saturated heterocycles. The summed E-state index contributed by atoms with van der Waals surface area (Å²) >= 11 is 11.9. The number of hydrogen-bond acceptors (Lipinski definition) is 4. The number of rotatable bonds is 3. The summed E-state index contributed by atoms with van der Waals surface area (Å²) in [7, 11) is 0. The minimum absolute atomic E-state index is 0.0552.